The first-order valence-electron chi connectivity index (χ1n) is 10.5. The number of guanidine groups is 1. The van der Waals surface area contributed by atoms with Crippen LogP contribution in [0, 0.1) is 0 Å². The number of hydrogen-bond acceptors (Lipinski definition) is 5. The summed E-state index contributed by atoms with van der Waals surface area (Å²) in [5.74, 6) is 2.57. The van der Waals surface area contributed by atoms with Crippen molar-refractivity contribution in [1.29, 1.82) is 0 Å². The van der Waals surface area contributed by atoms with E-state index in [1.165, 1.54) is 11.1 Å². The number of benzene rings is 1. The average molecular weight is 405 g/mol. The lowest BCUT2D eigenvalue weighted by Gasteiger charge is -2.42. The average Bonchev–Trinajstić information content (AvgIpc) is 2.75. The van der Waals surface area contributed by atoms with Gasteiger partial charge in [-0.25, -0.2) is 0 Å². The predicted molar refractivity (Wildman–Crippen MR) is 116 cm³/mol. The van der Waals surface area contributed by atoms with E-state index >= 15 is 0 Å². The van der Waals surface area contributed by atoms with Gasteiger partial charge >= 0.3 is 0 Å². The van der Waals surface area contributed by atoms with Crippen LogP contribution in [0.5, 0.6) is 11.5 Å². The van der Waals surface area contributed by atoms with Crippen LogP contribution in [-0.2, 0) is 17.7 Å². The second-order valence-corrected chi connectivity index (χ2v) is 8.05. The van der Waals surface area contributed by atoms with Crippen molar-refractivity contribution < 1.29 is 14.2 Å². The summed E-state index contributed by atoms with van der Waals surface area (Å²) in [6, 6.07) is 4.21. The number of methoxy groups -OCH3 is 2. The van der Waals surface area contributed by atoms with Crippen LogP contribution < -0.4 is 14.8 Å². The fraction of sp³-hybridized carbons (Fsp3) is 0.682. The third-order valence-corrected chi connectivity index (χ3v) is 6.25. The Morgan fingerprint density at radius 2 is 1.83 bits per heavy atom. The van der Waals surface area contributed by atoms with Crippen LogP contribution in [-0.4, -0.2) is 82.5 Å². The van der Waals surface area contributed by atoms with Crippen LogP contribution in [0.1, 0.15) is 30.9 Å². The molecule has 0 spiro atoms. The Kier molecular flexibility index (Phi) is 7.24. The summed E-state index contributed by atoms with van der Waals surface area (Å²) in [6.45, 7) is 7.13. The highest BCUT2D eigenvalue weighted by molar-refractivity contribution is 5.80. The zero-order valence-electron chi connectivity index (χ0n) is 18.6. The molecule has 1 aromatic carbocycles. The monoisotopic (exact) mass is 404 g/mol. The molecule has 1 saturated heterocycles. The first-order chi connectivity index (χ1) is 14.0. The van der Waals surface area contributed by atoms with Gasteiger partial charge in [0, 0.05) is 38.4 Å². The molecule has 0 bridgehead atoms. The van der Waals surface area contributed by atoms with E-state index in [1.54, 1.807) is 14.2 Å². The summed E-state index contributed by atoms with van der Waals surface area (Å²) >= 11 is 0. The molecular weight excluding hydrogens is 368 g/mol. The Labute approximate surface area is 175 Å². The molecule has 1 N–H and O–H groups in total. The minimum atomic E-state index is 0.0726. The number of ether oxygens (including phenoxy) is 3. The van der Waals surface area contributed by atoms with Gasteiger partial charge in [0.05, 0.1) is 20.8 Å². The van der Waals surface area contributed by atoms with Crippen molar-refractivity contribution in [1.82, 2.24) is 15.1 Å². The molecular formula is C22H36N4O3. The molecule has 3 rings (SSSR count). The molecule has 0 aromatic heterocycles. The van der Waals surface area contributed by atoms with E-state index in [-0.39, 0.29) is 5.54 Å². The van der Waals surface area contributed by atoms with Crippen molar-refractivity contribution in [3.05, 3.63) is 23.3 Å². The minimum absolute atomic E-state index is 0.0726. The van der Waals surface area contributed by atoms with Gasteiger partial charge in [-0.15, -0.1) is 0 Å². The zero-order chi connectivity index (χ0) is 20.9. The minimum Gasteiger partial charge on any atom is -0.493 e. The maximum Gasteiger partial charge on any atom is 0.194 e. The lowest BCUT2D eigenvalue weighted by atomic mass is 9.89. The van der Waals surface area contributed by atoms with Crippen LogP contribution in [0.4, 0.5) is 0 Å². The fourth-order valence-electron chi connectivity index (χ4n) is 4.21. The summed E-state index contributed by atoms with van der Waals surface area (Å²) in [4.78, 5) is 9.75. The molecule has 2 aliphatic rings. The molecule has 0 saturated carbocycles. The molecule has 7 heteroatoms. The summed E-state index contributed by atoms with van der Waals surface area (Å²) in [7, 11) is 7.69. The van der Waals surface area contributed by atoms with Gasteiger partial charge in [0.25, 0.3) is 0 Å². The lowest BCUT2D eigenvalue weighted by molar-refractivity contribution is -0.00265. The highest BCUT2D eigenvalue weighted by Crippen LogP contribution is 2.33. The topological polar surface area (TPSA) is 58.6 Å². The molecule has 0 radical (unpaired) electrons. The van der Waals surface area contributed by atoms with Gasteiger partial charge in [-0.2, -0.15) is 0 Å². The van der Waals surface area contributed by atoms with E-state index in [2.05, 4.69) is 48.3 Å². The summed E-state index contributed by atoms with van der Waals surface area (Å²) in [6.07, 6.45) is 3.00. The first kappa shape index (κ1) is 21.7. The van der Waals surface area contributed by atoms with Crippen molar-refractivity contribution in [2.24, 2.45) is 4.99 Å². The van der Waals surface area contributed by atoms with Gasteiger partial charge in [-0.05, 0) is 63.5 Å². The van der Waals surface area contributed by atoms with Crippen LogP contribution in [0.25, 0.3) is 0 Å². The number of nitrogens with zero attached hydrogens (tertiary/aromatic N) is 3. The van der Waals surface area contributed by atoms with E-state index in [9.17, 15) is 0 Å². The maximum absolute atomic E-state index is 5.60. The maximum atomic E-state index is 5.60. The molecule has 2 heterocycles. The lowest BCUT2D eigenvalue weighted by Crippen LogP contribution is -2.52. The van der Waals surface area contributed by atoms with Crippen molar-refractivity contribution in [3.8, 4) is 11.5 Å². The summed E-state index contributed by atoms with van der Waals surface area (Å²) in [5, 5.41) is 3.50. The van der Waals surface area contributed by atoms with Crippen molar-refractivity contribution >= 4 is 5.96 Å². The van der Waals surface area contributed by atoms with Gasteiger partial charge in [0.15, 0.2) is 17.5 Å². The van der Waals surface area contributed by atoms with Gasteiger partial charge in [-0.3, -0.25) is 4.99 Å². The van der Waals surface area contributed by atoms with Crippen LogP contribution in [0.2, 0.25) is 0 Å². The Morgan fingerprint density at radius 3 is 2.41 bits per heavy atom. The Balaban J connectivity index is 1.80. The molecule has 1 aromatic rings. The van der Waals surface area contributed by atoms with Gasteiger partial charge in [0.2, 0.25) is 0 Å². The fourth-order valence-corrected chi connectivity index (χ4v) is 4.21. The SMILES string of the molecule is CCNC(=NCC1(N(C)C)CCOCC1)N1CCc2cc(OC)c(OC)cc2C1. The standard InChI is InChI=1S/C22H36N4O3/c1-6-23-21(24-16-22(25(2)3)8-11-29-12-9-22)26-10-7-17-13-19(27-4)20(28-5)14-18(17)15-26/h13-14H,6-12,15-16H2,1-5H3,(H,23,24). The molecule has 0 atom stereocenters. The van der Waals surface area contributed by atoms with E-state index in [4.69, 9.17) is 19.2 Å². The third kappa shape index (κ3) is 4.78. The second kappa shape index (κ2) is 9.67. The highest BCUT2D eigenvalue weighted by atomic mass is 16.5. The van der Waals surface area contributed by atoms with E-state index in [1.807, 2.05) is 0 Å². The van der Waals surface area contributed by atoms with Gasteiger partial charge in [0.1, 0.15) is 0 Å². The molecule has 1 fully saturated rings. The Hall–Kier alpha value is -1.99. The number of fused-ring (bicyclic) bond motifs is 1. The van der Waals surface area contributed by atoms with Crippen molar-refractivity contribution in [2.45, 2.75) is 38.3 Å². The second-order valence-electron chi connectivity index (χ2n) is 8.05. The smallest absolute Gasteiger partial charge is 0.194 e. The molecule has 162 valence electrons. The number of aliphatic imine (C=N–C) groups is 1. The van der Waals surface area contributed by atoms with Crippen LogP contribution >= 0.6 is 0 Å². The summed E-state index contributed by atoms with van der Waals surface area (Å²) < 4.78 is 16.6. The molecule has 0 amide bonds. The predicted octanol–water partition coefficient (Wildman–Crippen LogP) is 2.14. The highest BCUT2D eigenvalue weighted by Gasteiger charge is 2.35. The van der Waals surface area contributed by atoms with Crippen LogP contribution in [0.3, 0.4) is 0 Å². The van der Waals surface area contributed by atoms with E-state index in [0.29, 0.717) is 0 Å². The Morgan fingerprint density at radius 1 is 1.17 bits per heavy atom. The van der Waals surface area contributed by atoms with Gasteiger partial charge < -0.3 is 29.3 Å². The number of rotatable bonds is 6. The summed E-state index contributed by atoms with van der Waals surface area (Å²) in [5.41, 5.74) is 2.67. The molecule has 29 heavy (non-hydrogen) atoms. The molecule has 7 nitrogen and oxygen atoms in total. The third-order valence-electron chi connectivity index (χ3n) is 6.25. The largest absolute Gasteiger partial charge is 0.493 e. The quantitative estimate of drug-likeness (QED) is 0.579. The number of nitrogens with one attached hydrogen (secondary N) is 1. The van der Waals surface area contributed by atoms with Gasteiger partial charge in [-0.1, -0.05) is 0 Å². The van der Waals surface area contributed by atoms with E-state index in [0.717, 1.165) is 76.1 Å². The normalized spacial score (nSPS) is 19.1. The van der Waals surface area contributed by atoms with Crippen molar-refractivity contribution in [2.75, 3.05) is 61.2 Å². The Bertz CT molecular complexity index is 714. The van der Waals surface area contributed by atoms with Crippen molar-refractivity contribution in [3.63, 3.8) is 0 Å². The van der Waals surface area contributed by atoms with E-state index < -0.39 is 0 Å². The molecule has 0 aliphatic carbocycles. The first-order valence-corrected chi connectivity index (χ1v) is 10.5. The number of hydrogen-bond donors (Lipinski definition) is 1. The van der Waals surface area contributed by atoms with Crippen LogP contribution in [0.15, 0.2) is 17.1 Å². The molecule has 2 aliphatic heterocycles. The molecule has 0 unspecified atom stereocenters. The number of likely N-dealkylation sites (N-methyl/N-ethyl adjacent to an activating group) is 1. The zero-order valence-corrected chi connectivity index (χ0v) is 18.6.